The molecule has 0 radical (unpaired) electrons. The minimum Gasteiger partial charge on any atom is -0.508 e. The number of nitrogens with one attached hydrogen (secondary N) is 1. The molecule has 0 atom stereocenters. The molecule has 2 N–H and O–H groups in total. The van der Waals surface area contributed by atoms with Crippen LogP contribution in [0, 0.1) is 0 Å². The van der Waals surface area contributed by atoms with Gasteiger partial charge in [-0.15, -0.1) is 10.2 Å². The van der Waals surface area contributed by atoms with Crippen molar-refractivity contribution >= 4 is 23.0 Å². The molecule has 0 aliphatic heterocycles. The molecule has 5 rings (SSSR count). The summed E-state index contributed by atoms with van der Waals surface area (Å²) in [4.78, 5) is 16.6. The fourth-order valence-electron chi connectivity index (χ4n) is 3.26. The highest BCUT2D eigenvalue weighted by Crippen LogP contribution is 2.26. The van der Waals surface area contributed by atoms with Crippen molar-refractivity contribution in [3.05, 3.63) is 96.2 Å². The van der Waals surface area contributed by atoms with Gasteiger partial charge in [-0.1, -0.05) is 18.2 Å². The molecule has 0 bridgehead atoms. The second kappa shape index (κ2) is 8.72. The second-order valence-corrected chi connectivity index (χ2v) is 7.19. The lowest BCUT2D eigenvalue weighted by Crippen LogP contribution is -2.17. The van der Waals surface area contributed by atoms with Crippen LogP contribution in [0.5, 0.6) is 5.75 Å². The van der Waals surface area contributed by atoms with Gasteiger partial charge in [-0.2, -0.15) is 5.10 Å². The number of pyridine rings is 1. The molecule has 0 unspecified atom stereocenters. The second-order valence-electron chi connectivity index (χ2n) is 7.19. The summed E-state index contributed by atoms with van der Waals surface area (Å²) in [5.74, 6) is 0.514. The van der Waals surface area contributed by atoms with Crippen molar-refractivity contribution in [1.29, 1.82) is 0 Å². The molecule has 1 amide bonds. The van der Waals surface area contributed by atoms with E-state index in [1.54, 1.807) is 48.7 Å². The van der Waals surface area contributed by atoms with E-state index >= 15 is 0 Å². The lowest BCUT2D eigenvalue weighted by atomic mass is 10.1. The summed E-state index contributed by atoms with van der Waals surface area (Å²) >= 11 is 0. The lowest BCUT2D eigenvalue weighted by Gasteiger charge is -2.01. The zero-order valence-corrected chi connectivity index (χ0v) is 17.2. The van der Waals surface area contributed by atoms with Crippen LogP contribution >= 0.6 is 0 Å². The van der Waals surface area contributed by atoms with E-state index < -0.39 is 0 Å². The van der Waals surface area contributed by atoms with Crippen LogP contribution in [0.25, 0.3) is 33.8 Å². The SMILES string of the molecule is O=C(N/N=C/c1cccc(O)c1)c1ccc(-c2nnc(-c3ccc4ncccc4c3)o2)cc1. The smallest absolute Gasteiger partial charge is 0.271 e. The first kappa shape index (κ1) is 20.1. The van der Waals surface area contributed by atoms with Crippen LogP contribution in [0.4, 0.5) is 0 Å². The number of phenols is 1. The molecule has 160 valence electrons. The molecule has 2 heterocycles. The van der Waals surface area contributed by atoms with E-state index in [9.17, 15) is 9.90 Å². The molecule has 33 heavy (non-hydrogen) atoms. The average Bonchev–Trinajstić information content (AvgIpc) is 3.34. The van der Waals surface area contributed by atoms with E-state index in [0.29, 0.717) is 28.5 Å². The zero-order chi connectivity index (χ0) is 22.6. The van der Waals surface area contributed by atoms with Crippen molar-refractivity contribution in [1.82, 2.24) is 20.6 Å². The summed E-state index contributed by atoms with van der Waals surface area (Å²) in [6, 6.07) is 22.9. The first-order valence-electron chi connectivity index (χ1n) is 10.1. The molecule has 0 aliphatic rings. The fourth-order valence-corrected chi connectivity index (χ4v) is 3.26. The van der Waals surface area contributed by atoms with Gasteiger partial charge in [-0.05, 0) is 66.2 Å². The molecule has 0 aliphatic carbocycles. The van der Waals surface area contributed by atoms with Gasteiger partial charge < -0.3 is 9.52 Å². The Balaban J connectivity index is 1.28. The van der Waals surface area contributed by atoms with E-state index in [1.165, 1.54) is 12.3 Å². The molecular formula is C25H17N5O3. The molecule has 0 spiro atoms. The number of aromatic nitrogens is 3. The minimum absolute atomic E-state index is 0.127. The Morgan fingerprint density at radius 3 is 2.52 bits per heavy atom. The average molecular weight is 435 g/mol. The minimum atomic E-state index is -0.367. The summed E-state index contributed by atoms with van der Waals surface area (Å²) in [6.45, 7) is 0. The summed E-state index contributed by atoms with van der Waals surface area (Å²) in [5.41, 5.74) is 5.93. The Kier molecular flexibility index (Phi) is 5.30. The summed E-state index contributed by atoms with van der Waals surface area (Å²) in [5, 5.41) is 22.6. The van der Waals surface area contributed by atoms with Crippen molar-refractivity contribution in [2.24, 2.45) is 5.10 Å². The molecule has 0 saturated heterocycles. The number of fused-ring (bicyclic) bond motifs is 1. The van der Waals surface area contributed by atoms with E-state index in [0.717, 1.165) is 16.5 Å². The molecule has 3 aromatic carbocycles. The molecular weight excluding hydrogens is 418 g/mol. The molecule has 5 aromatic rings. The van der Waals surface area contributed by atoms with Crippen molar-refractivity contribution in [3.8, 4) is 28.7 Å². The fraction of sp³-hybridized carbons (Fsp3) is 0. The third kappa shape index (κ3) is 4.45. The van der Waals surface area contributed by atoms with Crippen LogP contribution < -0.4 is 5.43 Å². The molecule has 0 fully saturated rings. The molecule has 8 nitrogen and oxygen atoms in total. The van der Waals surface area contributed by atoms with E-state index in [4.69, 9.17) is 4.42 Å². The Morgan fingerprint density at radius 2 is 1.70 bits per heavy atom. The highest BCUT2D eigenvalue weighted by molar-refractivity contribution is 5.95. The summed E-state index contributed by atoms with van der Waals surface area (Å²) in [7, 11) is 0. The largest absolute Gasteiger partial charge is 0.508 e. The number of nitrogens with zero attached hydrogens (tertiary/aromatic N) is 4. The number of hydrogen-bond donors (Lipinski definition) is 2. The van der Waals surface area contributed by atoms with Crippen molar-refractivity contribution < 1.29 is 14.3 Å². The standard InChI is InChI=1S/C25H17N5O3/c31-21-5-1-3-16(13-21)15-27-28-23(32)17-6-8-18(9-7-17)24-29-30-25(33-24)20-10-11-22-19(14-20)4-2-12-26-22/h1-15,31H,(H,28,32)/b27-15+. The van der Waals surface area contributed by atoms with Crippen molar-refractivity contribution in [2.75, 3.05) is 0 Å². The number of hydrogen-bond acceptors (Lipinski definition) is 7. The summed E-state index contributed by atoms with van der Waals surface area (Å²) < 4.78 is 5.84. The van der Waals surface area contributed by atoms with Crippen molar-refractivity contribution in [3.63, 3.8) is 0 Å². The number of amides is 1. The normalized spacial score (nSPS) is 11.2. The highest BCUT2D eigenvalue weighted by Gasteiger charge is 2.12. The molecule has 2 aromatic heterocycles. The lowest BCUT2D eigenvalue weighted by molar-refractivity contribution is 0.0955. The van der Waals surface area contributed by atoms with Crippen molar-refractivity contribution in [2.45, 2.75) is 0 Å². The van der Waals surface area contributed by atoms with Gasteiger partial charge in [0.05, 0.1) is 11.7 Å². The van der Waals surface area contributed by atoms with E-state index in [1.807, 2.05) is 30.3 Å². The molecule has 0 saturated carbocycles. The van der Waals surface area contributed by atoms with E-state index in [2.05, 4.69) is 25.7 Å². The summed E-state index contributed by atoms with van der Waals surface area (Å²) in [6.07, 6.45) is 3.20. The van der Waals surface area contributed by atoms with Gasteiger partial charge in [0, 0.05) is 28.3 Å². The number of aromatic hydroxyl groups is 1. The van der Waals surface area contributed by atoms with Crippen LogP contribution in [-0.4, -0.2) is 32.4 Å². The van der Waals surface area contributed by atoms with Crippen LogP contribution in [0.2, 0.25) is 0 Å². The van der Waals surface area contributed by atoms with Gasteiger partial charge >= 0.3 is 0 Å². The van der Waals surface area contributed by atoms with Gasteiger partial charge in [0.15, 0.2) is 0 Å². The van der Waals surface area contributed by atoms with Crippen LogP contribution in [0.3, 0.4) is 0 Å². The van der Waals surface area contributed by atoms with Crippen LogP contribution in [0.15, 0.2) is 94.6 Å². The maximum atomic E-state index is 12.3. The number of hydrazone groups is 1. The predicted molar refractivity (Wildman–Crippen MR) is 124 cm³/mol. The number of rotatable bonds is 5. The number of phenolic OH excluding ortho intramolecular Hbond substituents is 1. The van der Waals surface area contributed by atoms with Gasteiger partial charge in [0.25, 0.3) is 5.91 Å². The third-order valence-electron chi connectivity index (χ3n) is 4.92. The van der Waals surface area contributed by atoms with Gasteiger partial charge in [-0.25, -0.2) is 5.43 Å². The Labute approximate surface area is 188 Å². The Hall–Kier alpha value is -4.85. The monoisotopic (exact) mass is 435 g/mol. The number of carbonyl (C=O) groups excluding carboxylic acids is 1. The van der Waals surface area contributed by atoms with Crippen LogP contribution in [0.1, 0.15) is 15.9 Å². The maximum absolute atomic E-state index is 12.3. The first-order valence-corrected chi connectivity index (χ1v) is 10.1. The topological polar surface area (TPSA) is 114 Å². The van der Waals surface area contributed by atoms with E-state index in [-0.39, 0.29) is 11.7 Å². The highest BCUT2D eigenvalue weighted by atomic mass is 16.4. The number of carbonyl (C=O) groups is 1. The van der Waals surface area contributed by atoms with Gasteiger partial charge in [0.1, 0.15) is 5.75 Å². The Morgan fingerprint density at radius 1 is 0.909 bits per heavy atom. The van der Waals surface area contributed by atoms with Gasteiger partial charge in [0.2, 0.25) is 11.8 Å². The van der Waals surface area contributed by atoms with Crippen LogP contribution in [-0.2, 0) is 0 Å². The maximum Gasteiger partial charge on any atom is 0.271 e. The van der Waals surface area contributed by atoms with Gasteiger partial charge in [-0.3, -0.25) is 9.78 Å². The quantitative estimate of drug-likeness (QED) is 0.312. The zero-order valence-electron chi connectivity index (χ0n) is 17.2. The third-order valence-corrected chi connectivity index (χ3v) is 4.92. The first-order chi connectivity index (χ1) is 16.2. The number of benzene rings is 3. The predicted octanol–water partition coefficient (Wildman–Crippen LogP) is 4.42. The Bertz CT molecular complexity index is 1480. The molecule has 8 heteroatoms.